The van der Waals surface area contributed by atoms with Crippen LogP contribution in [0.15, 0.2) is 6.33 Å². The fourth-order valence-corrected chi connectivity index (χ4v) is 2.18. The molecule has 0 spiro atoms. The Morgan fingerprint density at radius 3 is 2.32 bits per heavy atom. The minimum atomic E-state index is 0.0735. The first-order valence-electron chi connectivity index (χ1n) is 6.43. The van der Waals surface area contributed by atoms with Crippen LogP contribution < -0.4 is 14.8 Å². The molecule has 0 bridgehead atoms. The molecule has 0 radical (unpaired) electrons. The van der Waals surface area contributed by atoms with E-state index in [-0.39, 0.29) is 5.54 Å². The Morgan fingerprint density at radius 1 is 1.21 bits per heavy atom. The molecule has 1 aromatic rings. The standard InChI is InChI=1S/C13H21N3O3/c1-13(4-6-19-7-5-13)16-8-10-11(17-2)14-9-15-12(10)18-3/h9,16H,4-8H2,1-3H3. The molecule has 0 atom stereocenters. The fraction of sp³-hybridized carbons (Fsp3) is 0.692. The van der Waals surface area contributed by atoms with Crippen LogP contribution in [0.4, 0.5) is 0 Å². The molecule has 19 heavy (non-hydrogen) atoms. The third kappa shape index (κ3) is 3.33. The summed E-state index contributed by atoms with van der Waals surface area (Å²) in [6.45, 7) is 4.41. The molecule has 2 rings (SSSR count). The lowest BCUT2D eigenvalue weighted by Crippen LogP contribution is -2.46. The van der Waals surface area contributed by atoms with Crippen LogP contribution in [0.3, 0.4) is 0 Å². The van der Waals surface area contributed by atoms with Crippen LogP contribution in [0, 0.1) is 0 Å². The van der Waals surface area contributed by atoms with E-state index in [0.29, 0.717) is 18.3 Å². The van der Waals surface area contributed by atoms with Crippen LogP contribution in [-0.4, -0.2) is 42.9 Å². The fourth-order valence-electron chi connectivity index (χ4n) is 2.18. The second kappa shape index (κ2) is 6.16. The molecule has 6 nitrogen and oxygen atoms in total. The number of ether oxygens (including phenoxy) is 3. The minimum Gasteiger partial charge on any atom is -0.481 e. The van der Waals surface area contributed by atoms with Crippen molar-refractivity contribution in [2.75, 3.05) is 27.4 Å². The summed E-state index contributed by atoms with van der Waals surface area (Å²) in [4.78, 5) is 8.23. The quantitative estimate of drug-likeness (QED) is 0.863. The predicted octanol–water partition coefficient (Wildman–Crippen LogP) is 1.15. The molecule has 1 saturated heterocycles. The molecular weight excluding hydrogens is 246 g/mol. The number of hydrogen-bond donors (Lipinski definition) is 1. The molecule has 1 N–H and O–H groups in total. The number of rotatable bonds is 5. The van der Waals surface area contributed by atoms with Gasteiger partial charge in [-0.3, -0.25) is 0 Å². The van der Waals surface area contributed by atoms with E-state index in [1.54, 1.807) is 14.2 Å². The van der Waals surface area contributed by atoms with Crippen LogP contribution in [-0.2, 0) is 11.3 Å². The first-order valence-corrected chi connectivity index (χ1v) is 6.43. The van der Waals surface area contributed by atoms with Gasteiger partial charge in [-0.2, -0.15) is 0 Å². The smallest absolute Gasteiger partial charge is 0.224 e. The third-order valence-electron chi connectivity index (χ3n) is 3.54. The van der Waals surface area contributed by atoms with Gasteiger partial charge in [-0.05, 0) is 19.8 Å². The zero-order chi connectivity index (χ0) is 13.7. The van der Waals surface area contributed by atoms with Gasteiger partial charge in [-0.1, -0.05) is 0 Å². The first kappa shape index (κ1) is 14.0. The van der Waals surface area contributed by atoms with Crippen molar-refractivity contribution in [3.8, 4) is 11.8 Å². The summed E-state index contributed by atoms with van der Waals surface area (Å²) in [5.74, 6) is 1.10. The van der Waals surface area contributed by atoms with Crippen LogP contribution in [0.5, 0.6) is 11.8 Å². The van der Waals surface area contributed by atoms with Gasteiger partial charge in [0.1, 0.15) is 6.33 Å². The van der Waals surface area contributed by atoms with Crippen molar-refractivity contribution in [2.24, 2.45) is 0 Å². The molecule has 106 valence electrons. The van der Waals surface area contributed by atoms with Gasteiger partial charge in [0.25, 0.3) is 0 Å². The third-order valence-corrected chi connectivity index (χ3v) is 3.54. The van der Waals surface area contributed by atoms with E-state index in [0.717, 1.165) is 31.6 Å². The number of nitrogens with one attached hydrogen (secondary N) is 1. The average Bonchev–Trinajstić information content (AvgIpc) is 2.45. The maximum absolute atomic E-state index is 5.39. The van der Waals surface area contributed by atoms with Crippen molar-refractivity contribution >= 4 is 0 Å². The maximum atomic E-state index is 5.39. The van der Waals surface area contributed by atoms with Gasteiger partial charge >= 0.3 is 0 Å². The molecule has 1 aliphatic rings. The van der Waals surface area contributed by atoms with E-state index >= 15 is 0 Å². The van der Waals surface area contributed by atoms with E-state index < -0.39 is 0 Å². The second-order valence-corrected chi connectivity index (χ2v) is 4.90. The van der Waals surface area contributed by atoms with E-state index in [9.17, 15) is 0 Å². The van der Waals surface area contributed by atoms with Gasteiger partial charge in [-0.15, -0.1) is 0 Å². The second-order valence-electron chi connectivity index (χ2n) is 4.90. The normalized spacial score (nSPS) is 18.1. The number of hydrogen-bond acceptors (Lipinski definition) is 6. The van der Waals surface area contributed by atoms with Crippen molar-refractivity contribution in [3.05, 3.63) is 11.9 Å². The molecule has 6 heteroatoms. The zero-order valence-corrected chi connectivity index (χ0v) is 11.7. The summed E-state index contributed by atoms with van der Waals surface area (Å²) >= 11 is 0. The molecular formula is C13H21N3O3. The molecule has 0 aliphatic carbocycles. The lowest BCUT2D eigenvalue weighted by atomic mass is 9.92. The monoisotopic (exact) mass is 267 g/mol. The summed E-state index contributed by atoms with van der Waals surface area (Å²) in [6, 6.07) is 0. The van der Waals surface area contributed by atoms with E-state index in [4.69, 9.17) is 14.2 Å². The predicted molar refractivity (Wildman–Crippen MR) is 70.4 cm³/mol. The Morgan fingerprint density at radius 2 is 1.79 bits per heavy atom. The van der Waals surface area contributed by atoms with E-state index in [1.165, 1.54) is 6.33 Å². The highest BCUT2D eigenvalue weighted by Crippen LogP contribution is 2.26. The molecule has 0 amide bonds. The largest absolute Gasteiger partial charge is 0.481 e. The Balaban J connectivity index is 2.09. The molecule has 2 heterocycles. The highest BCUT2D eigenvalue weighted by molar-refractivity contribution is 5.34. The van der Waals surface area contributed by atoms with Crippen molar-refractivity contribution in [1.29, 1.82) is 0 Å². The van der Waals surface area contributed by atoms with Gasteiger partial charge in [0.2, 0.25) is 11.8 Å². The van der Waals surface area contributed by atoms with Crippen LogP contribution in [0.25, 0.3) is 0 Å². The van der Waals surface area contributed by atoms with E-state index in [2.05, 4.69) is 22.2 Å². The van der Waals surface area contributed by atoms with Crippen LogP contribution >= 0.6 is 0 Å². The van der Waals surface area contributed by atoms with E-state index in [1.807, 2.05) is 0 Å². The van der Waals surface area contributed by atoms with Gasteiger partial charge in [0, 0.05) is 25.3 Å². The van der Waals surface area contributed by atoms with Crippen LogP contribution in [0.1, 0.15) is 25.3 Å². The van der Waals surface area contributed by atoms with Crippen molar-refractivity contribution in [1.82, 2.24) is 15.3 Å². The minimum absolute atomic E-state index is 0.0735. The summed E-state index contributed by atoms with van der Waals surface area (Å²) < 4.78 is 15.9. The number of nitrogens with zero attached hydrogens (tertiary/aromatic N) is 2. The zero-order valence-electron chi connectivity index (χ0n) is 11.7. The Kier molecular flexibility index (Phi) is 4.55. The Hall–Kier alpha value is -1.40. The van der Waals surface area contributed by atoms with Gasteiger partial charge in [-0.25, -0.2) is 9.97 Å². The molecule has 1 aliphatic heterocycles. The molecule has 1 aromatic heterocycles. The SMILES string of the molecule is COc1ncnc(OC)c1CNC1(C)CCOCC1. The van der Waals surface area contributed by atoms with Gasteiger partial charge in [0.05, 0.1) is 19.8 Å². The average molecular weight is 267 g/mol. The lowest BCUT2D eigenvalue weighted by molar-refractivity contribution is 0.0444. The summed E-state index contributed by atoms with van der Waals surface area (Å²) in [5, 5.41) is 3.54. The van der Waals surface area contributed by atoms with Crippen LogP contribution in [0.2, 0.25) is 0 Å². The summed E-state index contributed by atoms with van der Waals surface area (Å²) in [5.41, 5.74) is 0.921. The van der Waals surface area contributed by atoms with Crippen molar-refractivity contribution < 1.29 is 14.2 Å². The lowest BCUT2D eigenvalue weighted by Gasteiger charge is -2.34. The summed E-state index contributed by atoms with van der Waals surface area (Å²) in [6.07, 6.45) is 3.42. The molecule has 0 aromatic carbocycles. The van der Waals surface area contributed by atoms with Gasteiger partial charge in [0.15, 0.2) is 0 Å². The van der Waals surface area contributed by atoms with Crippen molar-refractivity contribution in [3.63, 3.8) is 0 Å². The summed E-state index contributed by atoms with van der Waals surface area (Å²) in [7, 11) is 3.20. The Bertz CT molecular complexity index is 397. The Labute approximate surface area is 113 Å². The molecule has 0 saturated carbocycles. The highest BCUT2D eigenvalue weighted by atomic mass is 16.5. The molecule has 0 unspecified atom stereocenters. The topological polar surface area (TPSA) is 65.5 Å². The van der Waals surface area contributed by atoms with Crippen molar-refractivity contribution in [2.45, 2.75) is 31.8 Å². The maximum Gasteiger partial charge on any atom is 0.224 e. The number of aromatic nitrogens is 2. The molecule has 1 fully saturated rings. The number of methoxy groups -OCH3 is 2. The highest BCUT2D eigenvalue weighted by Gasteiger charge is 2.27. The van der Waals surface area contributed by atoms with Gasteiger partial charge < -0.3 is 19.5 Å². The first-order chi connectivity index (χ1) is 9.18.